The molecule has 3 heteroatoms. The second kappa shape index (κ2) is 6.00. The lowest BCUT2D eigenvalue weighted by atomic mass is 10.1. The van der Waals surface area contributed by atoms with Crippen molar-refractivity contribution in [1.82, 2.24) is 10.2 Å². The molecule has 1 rings (SSSR count). The minimum Gasteiger partial charge on any atom is -0.310 e. The summed E-state index contributed by atoms with van der Waals surface area (Å²) >= 11 is 0. The fourth-order valence-electron chi connectivity index (χ4n) is 1.79. The maximum absolute atomic E-state index is 8.61. The van der Waals surface area contributed by atoms with Crippen molar-refractivity contribution in [3.05, 3.63) is 0 Å². The molecule has 1 aliphatic rings. The lowest BCUT2D eigenvalue weighted by Crippen LogP contribution is -2.50. The van der Waals surface area contributed by atoms with Gasteiger partial charge in [-0.1, -0.05) is 13.8 Å². The smallest absolute Gasteiger partial charge is 0.0638 e. The topological polar surface area (TPSA) is 39.1 Å². The van der Waals surface area contributed by atoms with Crippen LogP contribution in [-0.2, 0) is 0 Å². The molecule has 0 aliphatic carbocycles. The average molecular weight is 195 g/mol. The maximum atomic E-state index is 8.61. The van der Waals surface area contributed by atoms with Crippen LogP contribution in [0.4, 0.5) is 0 Å². The molecule has 1 saturated heterocycles. The SMILES string of the molecule is CC(C)CCN1CCNC(CC#N)C1. The van der Waals surface area contributed by atoms with Gasteiger partial charge in [-0.25, -0.2) is 0 Å². The second-order valence-electron chi connectivity index (χ2n) is 4.50. The minimum atomic E-state index is 0.390. The molecule has 1 unspecified atom stereocenters. The van der Waals surface area contributed by atoms with Crippen molar-refractivity contribution in [2.45, 2.75) is 32.7 Å². The number of nitrogens with zero attached hydrogens (tertiary/aromatic N) is 2. The van der Waals surface area contributed by atoms with Crippen molar-refractivity contribution in [3.8, 4) is 6.07 Å². The Morgan fingerprint density at radius 3 is 3.00 bits per heavy atom. The fraction of sp³-hybridized carbons (Fsp3) is 0.909. The predicted molar refractivity (Wildman–Crippen MR) is 57.9 cm³/mol. The Bertz CT molecular complexity index is 195. The zero-order valence-electron chi connectivity index (χ0n) is 9.29. The van der Waals surface area contributed by atoms with Crippen LogP contribution in [0, 0.1) is 17.2 Å². The standard InChI is InChI=1S/C11H21N3/c1-10(2)4-7-14-8-6-13-11(9-14)3-5-12/h10-11,13H,3-4,6-9H2,1-2H3. The van der Waals surface area contributed by atoms with Crippen LogP contribution >= 0.6 is 0 Å². The molecule has 0 radical (unpaired) electrons. The van der Waals surface area contributed by atoms with Crippen LogP contribution in [0.5, 0.6) is 0 Å². The van der Waals surface area contributed by atoms with E-state index in [0.717, 1.165) is 25.6 Å². The van der Waals surface area contributed by atoms with E-state index >= 15 is 0 Å². The molecule has 1 fully saturated rings. The Morgan fingerprint density at radius 1 is 1.57 bits per heavy atom. The van der Waals surface area contributed by atoms with Crippen LogP contribution in [0.3, 0.4) is 0 Å². The largest absolute Gasteiger partial charge is 0.310 e. The lowest BCUT2D eigenvalue weighted by molar-refractivity contribution is 0.192. The van der Waals surface area contributed by atoms with Crippen molar-refractivity contribution in [2.75, 3.05) is 26.2 Å². The Kier molecular flexibility index (Phi) is 4.92. The van der Waals surface area contributed by atoms with Gasteiger partial charge in [0.15, 0.2) is 0 Å². The minimum absolute atomic E-state index is 0.390. The van der Waals surface area contributed by atoms with Gasteiger partial charge in [0.25, 0.3) is 0 Å². The van der Waals surface area contributed by atoms with E-state index in [0.29, 0.717) is 12.5 Å². The molecule has 1 N–H and O–H groups in total. The number of rotatable bonds is 4. The summed E-state index contributed by atoms with van der Waals surface area (Å²) < 4.78 is 0. The van der Waals surface area contributed by atoms with Crippen molar-refractivity contribution in [3.63, 3.8) is 0 Å². The van der Waals surface area contributed by atoms with E-state index in [9.17, 15) is 0 Å². The van der Waals surface area contributed by atoms with Crippen molar-refractivity contribution in [2.24, 2.45) is 5.92 Å². The first kappa shape index (κ1) is 11.5. The summed E-state index contributed by atoms with van der Waals surface area (Å²) in [5.74, 6) is 0.777. The van der Waals surface area contributed by atoms with Crippen molar-refractivity contribution in [1.29, 1.82) is 5.26 Å². The molecule has 3 nitrogen and oxygen atoms in total. The lowest BCUT2D eigenvalue weighted by Gasteiger charge is -2.33. The van der Waals surface area contributed by atoms with Gasteiger partial charge in [-0.05, 0) is 18.9 Å². The Labute approximate surface area is 87.1 Å². The molecule has 0 aromatic heterocycles. The summed E-state index contributed by atoms with van der Waals surface area (Å²) in [6.45, 7) is 8.91. The number of nitrogens with one attached hydrogen (secondary N) is 1. The van der Waals surface area contributed by atoms with E-state index < -0.39 is 0 Å². The van der Waals surface area contributed by atoms with Gasteiger partial charge in [0, 0.05) is 25.7 Å². The summed E-state index contributed by atoms with van der Waals surface area (Å²) in [6.07, 6.45) is 1.90. The third-order valence-electron chi connectivity index (χ3n) is 2.70. The highest BCUT2D eigenvalue weighted by molar-refractivity contribution is 4.86. The zero-order valence-corrected chi connectivity index (χ0v) is 9.29. The van der Waals surface area contributed by atoms with Gasteiger partial charge in [0.05, 0.1) is 12.5 Å². The van der Waals surface area contributed by atoms with Crippen LogP contribution in [0.15, 0.2) is 0 Å². The molecule has 1 heterocycles. The van der Waals surface area contributed by atoms with Crippen LogP contribution in [-0.4, -0.2) is 37.1 Å². The van der Waals surface area contributed by atoms with E-state index in [1.54, 1.807) is 0 Å². The zero-order chi connectivity index (χ0) is 10.4. The monoisotopic (exact) mass is 195 g/mol. The molecule has 0 aromatic carbocycles. The van der Waals surface area contributed by atoms with Crippen LogP contribution in [0.1, 0.15) is 26.7 Å². The molecule has 0 bridgehead atoms. The molecule has 0 saturated carbocycles. The second-order valence-corrected chi connectivity index (χ2v) is 4.50. The molecule has 1 atom stereocenters. The van der Waals surface area contributed by atoms with Gasteiger partial charge in [0.2, 0.25) is 0 Å². The van der Waals surface area contributed by atoms with Crippen LogP contribution in [0.2, 0.25) is 0 Å². The number of hydrogen-bond acceptors (Lipinski definition) is 3. The van der Waals surface area contributed by atoms with Gasteiger partial charge in [-0.15, -0.1) is 0 Å². The highest BCUT2D eigenvalue weighted by atomic mass is 15.2. The van der Waals surface area contributed by atoms with Gasteiger partial charge in [-0.2, -0.15) is 5.26 Å². The number of piperazine rings is 1. The fourth-order valence-corrected chi connectivity index (χ4v) is 1.79. The Morgan fingerprint density at radius 2 is 2.36 bits per heavy atom. The number of hydrogen-bond donors (Lipinski definition) is 1. The third-order valence-corrected chi connectivity index (χ3v) is 2.70. The average Bonchev–Trinajstić information content (AvgIpc) is 2.16. The highest BCUT2D eigenvalue weighted by Gasteiger charge is 2.18. The molecule has 0 spiro atoms. The summed E-state index contributed by atoms with van der Waals surface area (Å²) in [5.41, 5.74) is 0. The first-order chi connectivity index (χ1) is 6.72. The van der Waals surface area contributed by atoms with E-state index in [1.807, 2.05) is 0 Å². The Hall–Kier alpha value is -0.590. The van der Waals surface area contributed by atoms with E-state index in [1.165, 1.54) is 13.0 Å². The van der Waals surface area contributed by atoms with E-state index in [2.05, 4.69) is 30.1 Å². The van der Waals surface area contributed by atoms with Gasteiger partial charge in [0.1, 0.15) is 0 Å². The predicted octanol–water partition coefficient (Wildman–Crippen LogP) is 1.22. The molecule has 0 aromatic rings. The summed E-state index contributed by atoms with van der Waals surface area (Å²) in [4.78, 5) is 2.47. The van der Waals surface area contributed by atoms with Crippen LogP contribution < -0.4 is 5.32 Å². The van der Waals surface area contributed by atoms with Gasteiger partial charge >= 0.3 is 0 Å². The van der Waals surface area contributed by atoms with Crippen molar-refractivity contribution >= 4 is 0 Å². The third kappa shape index (κ3) is 4.08. The molecular formula is C11H21N3. The number of nitriles is 1. The highest BCUT2D eigenvalue weighted by Crippen LogP contribution is 2.06. The van der Waals surface area contributed by atoms with Crippen molar-refractivity contribution < 1.29 is 0 Å². The molecular weight excluding hydrogens is 174 g/mol. The van der Waals surface area contributed by atoms with Gasteiger partial charge in [-0.3, -0.25) is 0 Å². The van der Waals surface area contributed by atoms with E-state index in [-0.39, 0.29) is 0 Å². The molecule has 0 amide bonds. The molecule has 1 aliphatic heterocycles. The van der Waals surface area contributed by atoms with Crippen LogP contribution in [0.25, 0.3) is 0 Å². The van der Waals surface area contributed by atoms with Gasteiger partial charge < -0.3 is 10.2 Å². The first-order valence-corrected chi connectivity index (χ1v) is 5.55. The first-order valence-electron chi connectivity index (χ1n) is 5.55. The molecule has 80 valence electrons. The van der Waals surface area contributed by atoms with E-state index in [4.69, 9.17) is 5.26 Å². The quantitative estimate of drug-likeness (QED) is 0.733. The Balaban J connectivity index is 2.22. The molecule has 14 heavy (non-hydrogen) atoms. The summed E-state index contributed by atoms with van der Waals surface area (Å²) in [7, 11) is 0. The normalized spacial score (nSPS) is 23.7. The summed E-state index contributed by atoms with van der Waals surface area (Å²) in [5, 5.41) is 12.0. The maximum Gasteiger partial charge on any atom is 0.0638 e. The summed E-state index contributed by atoms with van der Waals surface area (Å²) in [6, 6.07) is 2.62.